The lowest BCUT2D eigenvalue weighted by Gasteiger charge is -2.30. The Kier molecular flexibility index (Phi) is 3.78. The average molecular weight is 209 g/mol. The maximum atomic E-state index is 10.2. The molecule has 1 fully saturated rings. The molecule has 0 bridgehead atoms. The predicted octanol–water partition coefficient (Wildman–Crippen LogP) is 3.26. The number of nitriles is 1. The van der Waals surface area contributed by atoms with Gasteiger partial charge in [0.05, 0.1) is 18.1 Å². The summed E-state index contributed by atoms with van der Waals surface area (Å²) in [5, 5.41) is 18.9. The van der Waals surface area contributed by atoms with Crippen LogP contribution < -0.4 is 0 Å². The largest absolute Gasteiger partial charge is 0.389 e. The van der Waals surface area contributed by atoms with Crippen LogP contribution in [0.4, 0.5) is 0 Å². The summed E-state index contributed by atoms with van der Waals surface area (Å²) in [4.78, 5) is 0. The molecule has 2 nitrogen and oxygen atoms in total. The van der Waals surface area contributed by atoms with E-state index in [1.54, 1.807) is 0 Å². The van der Waals surface area contributed by atoms with Gasteiger partial charge in [0, 0.05) is 0 Å². The highest BCUT2D eigenvalue weighted by molar-refractivity contribution is 4.92. The van der Waals surface area contributed by atoms with Gasteiger partial charge in [0.1, 0.15) is 0 Å². The molecule has 0 heterocycles. The molecule has 0 amide bonds. The van der Waals surface area contributed by atoms with E-state index in [2.05, 4.69) is 26.8 Å². The van der Waals surface area contributed by atoms with E-state index in [9.17, 15) is 5.11 Å². The van der Waals surface area contributed by atoms with Gasteiger partial charge in [0.25, 0.3) is 0 Å². The quantitative estimate of drug-likeness (QED) is 0.674. The van der Waals surface area contributed by atoms with Crippen molar-refractivity contribution in [3.05, 3.63) is 0 Å². The lowest BCUT2D eigenvalue weighted by Crippen LogP contribution is -2.27. The molecule has 1 rings (SSSR count). The van der Waals surface area contributed by atoms with Crippen LogP contribution in [-0.4, -0.2) is 10.7 Å². The number of aliphatic hydroxyl groups is 1. The Morgan fingerprint density at radius 3 is 2.53 bits per heavy atom. The van der Waals surface area contributed by atoms with Crippen LogP contribution in [0.3, 0.4) is 0 Å². The maximum Gasteiger partial charge on any atom is 0.0777 e. The molecule has 2 heteroatoms. The van der Waals surface area contributed by atoms with Crippen molar-refractivity contribution in [2.75, 3.05) is 0 Å². The van der Waals surface area contributed by atoms with Crippen LogP contribution in [0.2, 0.25) is 0 Å². The van der Waals surface area contributed by atoms with Crippen LogP contribution >= 0.6 is 0 Å². The number of hydrogen-bond acceptors (Lipinski definition) is 2. The van der Waals surface area contributed by atoms with Gasteiger partial charge in [-0.05, 0) is 37.0 Å². The van der Waals surface area contributed by atoms with Gasteiger partial charge in [0.15, 0.2) is 0 Å². The van der Waals surface area contributed by atoms with Crippen molar-refractivity contribution in [3.8, 4) is 6.07 Å². The van der Waals surface area contributed by atoms with Crippen molar-refractivity contribution >= 4 is 0 Å². The molecule has 0 aliphatic heterocycles. The highest BCUT2D eigenvalue weighted by Crippen LogP contribution is 2.40. The van der Waals surface area contributed by atoms with E-state index in [0.717, 1.165) is 25.7 Å². The Bertz CT molecular complexity index is 248. The second-order valence-electron chi connectivity index (χ2n) is 6.05. The van der Waals surface area contributed by atoms with E-state index in [0.29, 0.717) is 17.8 Å². The Morgan fingerprint density at radius 1 is 1.33 bits per heavy atom. The summed E-state index contributed by atoms with van der Waals surface area (Å²) in [6.07, 6.45) is 5.19. The molecule has 86 valence electrons. The van der Waals surface area contributed by atoms with E-state index in [1.807, 2.05) is 0 Å². The minimum atomic E-state index is -0.700. The molecule has 1 saturated carbocycles. The summed E-state index contributed by atoms with van der Waals surface area (Å²) in [5.41, 5.74) is -0.368. The fourth-order valence-electron chi connectivity index (χ4n) is 2.58. The summed E-state index contributed by atoms with van der Waals surface area (Å²) < 4.78 is 0. The SMILES string of the molecule is CC(C)(C)C1CCCC(O)(CC#N)CC1. The second kappa shape index (κ2) is 4.53. The molecular weight excluding hydrogens is 186 g/mol. The van der Waals surface area contributed by atoms with Gasteiger partial charge in [0.2, 0.25) is 0 Å². The van der Waals surface area contributed by atoms with Gasteiger partial charge in [-0.3, -0.25) is 0 Å². The second-order valence-corrected chi connectivity index (χ2v) is 6.05. The summed E-state index contributed by atoms with van der Waals surface area (Å²) in [6, 6.07) is 2.11. The fourth-order valence-corrected chi connectivity index (χ4v) is 2.58. The molecule has 0 aromatic heterocycles. The molecule has 0 saturated heterocycles. The molecule has 1 N–H and O–H groups in total. The Labute approximate surface area is 93.3 Å². The van der Waals surface area contributed by atoms with E-state index >= 15 is 0 Å². The first kappa shape index (κ1) is 12.5. The minimum absolute atomic E-state index is 0.295. The van der Waals surface area contributed by atoms with Gasteiger partial charge in [-0.2, -0.15) is 5.26 Å². The first-order chi connectivity index (χ1) is 6.87. The Balaban J connectivity index is 2.60. The van der Waals surface area contributed by atoms with E-state index in [1.165, 1.54) is 6.42 Å². The zero-order valence-electron chi connectivity index (χ0n) is 10.2. The van der Waals surface area contributed by atoms with Crippen LogP contribution in [0.5, 0.6) is 0 Å². The summed E-state index contributed by atoms with van der Waals surface area (Å²) in [5.74, 6) is 0.685. The smallest absolute Gasteiger partial charge is 0.0777 e. The van der Waals surface area contributed by atoms with Crippen molar-refractivity contribution in [1.29, 1.82) is 5.26 Å². The third-order valence-corrected chi connectivity index (χ3v) is 3.79. The molecule has 2 unspecified atom stereocenters. The van der Waals surface area contributed by atoms with Gasteiger partial charge < -0.3 is 5.11 Å². The standard InChI is InChI=1S/C13H23NO/c1-12(2,3)11-5-4-7-13(15,8-6-11)9-10-14/h11,15H,4-9H2,1-3H3. The van der Waals surface area contributed by atoms with Crippen LogP contribution in [0.15, 0.2) is 0 Å². The summed E-state index contributed by atoms with van der Waals surface area (Å²) >= 11 is 0. The zero-order valence-corrected chi connectivity index (χ0v) is 10.2. The number of nitrogens with zero attached hydrogens (tertiary/aromatic N) is 1. The van der Waals surface area contributed by atoms with Gasteiger partial charge in [-0.1, -0.05) is 27.2 Å². The van der Waals surface area contributed by atoms with E-state index in [-0.39, 0.29) is 0 Å². The Morgan fingerprint density at radius 2 is 2.00 bits per heavy atom. The minimum Gasteiger partial charge on any atom is -0.389 e. The third-order valence-electron chi connectivity index (χ3n) is 3.79. The molecule has 0 radical (unpaired) electrons. The topological polar surface area (TPSA) is 44.0 Å². The van der Waals surface area contributed by atoms with Gasteiger partial charge in [-0.25, -0.2) is 0 Å². The molecule has 1 aliphatic rings. The monoisotopic (exact) mass is 209 g/mol. The Hall–Kier alpha value is -0.550. The molecule has 0 spiro atoms. The average Bonchev–Trinajstić information content (AvgIpc) is 2.26. The van der Waals surface area contributed by atoms with Gasteiger partial charge in [-0.15, -0.1) is 0 Å². The van der Waals surface area contributed by atoms with Crippen LogP contribution in [0.25, 0.3) is 0 Å². The third kappa shape index (κ3) is 3.50. The van der Waals surface area contributed by atoms with Crippen molar-refractivity contribution in [1.82, 2.24) is 0 Å². The molecule has 15 heavy (non-hydrogen) atoms. The molecule has 0 aromatic rings. The normalized spacial score (nSPS) is 33.1. The molecule has 0 aromatic carbocycles. The molecule has 2 atom stereocenters. The molecule has 1 aliphatic carbocycles. The van der Waals surface area contributed by atoms with Crippen LogP contribution in [-0.2, 0) is 0 Å². The lowest BCUT2D eigenvalue weighted by molar-refractivity contribution is 0.0268. The predicted molar refractivity (Wildman–Crippen MR) is 61.2 cm³/mol. The fraction of sp³-hybridized carbons (Fsp3) is 0.923. The lowest BCUT2D eigenvalue weighted by atomic mass is 9.76. The summed E-state index contributed by atoms with van der Waals surface area (Å²) in [6.45, 7) is 6.81. The van der Waals surface area contributed by atoms with Crippen molar-refractivity contribution < 1.29 is 5.11 Å². The van der Waals surface area contributed by atoms with E-state index in [4.69, 9.17) is 5.26 Å². The van der Waals surface area contributed by atoms with E-state index < -0.39 is 5.60 Å². The van der Waals surface area contributed by atoms with Crippen molar-refractivity contribution in [2.45, 2.75) is 64.9 Å². The molecular formula is C13H23NO. The summed E-state index contributed by atoms with van der Waals surface area (Å²) in [7, 11) is 0. The maximum absolute atomic E-state index is 10.2. The van der Waals surface area contributed by atoms with Crippen molar-refractivity contribution in [3.63, 3.8) is 0 Å². The highest BCUT2D eigenvalue weighted by atomic mass is 16.3. The first-order valence-electron chi connectivity index (χ1n) is 5.97. The highest BCUT2D eigenvalue weighted by Gasteiger charge is 2.34. The number of hydrogen-bond donors (Lipinski definition) is 1. The van der Waals surface area contributed by atoms with Crippen LogP contribution in [0.1, 0.15) is 59.3 Å². The van der Waals surface area contributed by atoms with Crippen molar-refractivity contribution in [2.24, 2.45) is 11.3 Å². The first-order valence-corrected chi connectivity index (χ1v) is 5.97. The zero-order chi connectivity index (χ0) is 11.5. The number of rotatable bonds is 1. The van der Waals surface area contributed by atoms with Crippen LogP contribution in [0, 0.1) is 22.7 Å². The van der Waals surface area contributed by atoms with Gasteiger partial charge >= 0.3 is 0 Å².